The van der Waals surface area contributed by atoms with Crippen molar-refractivity contribution in [2.75, 3.05) is 0 Å². The monoisotopic (exact) mass is 366 g/mol. The second kappa shape index (κ2) is 7.38. The van der Waals surface area contributed by atoms with Gasteiger partial charge in [0.15, 0.2) is 0 Å². The van der Waals surface area contributed by atoms with E-state index in [1.807, 2.05) is 17.4 Å². The third kappa shape index (κ3) is 3.15. The van der Waals surface area contributed by atoms with Crippen molar-refractivity contribution in [3.8, 4) is 11.1 Å². The highest BCUT2D eigenvalue weighted by Crippen LogP contribution is 2.43. The Balaban J connectivity index is 1.98. The Bertz CT molecular complexity index is 1140. The summed E-state index contributed by atoms with van der Waals surface area (Å²) in [6, 6.07) is 25.9. The van der Waals surface area contributed by atoms with Crippen LogP contribution in [-0.2, 0) is 0 Å². The number of hydrogen-bond acceptors (Lipinski definition) is 1. The number of aryl methyl sites for hydroxylation is 1. The Morgan fingerprint density at radius 3 is 2.41 bits per heavy atom. The molecule has 0 aliphatic rings. The van der Waals surface area contributed by atoms with Crippen molar-refractivity contribution in [1.82, 2.24) is 0 Å². The summed E-state index contributed by atoms with van der Waals surface area (Å²) >= 11 is 1.86. The van der Waals surface area contributed by atoms with Crippen LogP contribution in [0.25, 0.3) is 32.9 Å². The second-order valence-corrected chi connectivity index (χ2v) is 7.69. The normalized spacial score (nSPS) is 11.7. The second-order valence-electron chi connectivity index (χ2n) is 6.67. The summed E-state index contributed by atoms with van der Waals surface area (Å²) in [4.78, 5) is 1.29. The van der Waals surface area contributed by atoms with Crippen molar-refractivity contribution in [1.29, 1.82) is 0 Å². The van der Waals surface area contributed by atoms with E-state index < -0.39 is 0 Å². The fourth-order valence-electron chi connectivity index (χ4n) is 3.63. The largest absolute Gasteiger partial charge is 0.134 e. The molecule has 27 heavy (non-hydrogen) atoms. The van der Waals surface area contributed by atoms with Crippen LogP contribution < -0.4 is 0 Å². The molecule has 132 valence electrons. The number of allylic oxidation sites excluding steroid dienone is 1. The van der Waals surface area contributed by atoms with Crippen molar-refractivity contribution in [2.24, 2.45) is 0 Å². The van der Waals surface area contributed by atoms with Gasteiger partial charge in [-0.25, -0.2) is 0 Å². The summed E-state index contributed by atoms with van der Waals surface area (Å²) in [7, 11) is 0. The summed E-state index contributed by atoms with van der Waals surface area (Å²) < 4.78 is 1.32. The Morgan fingerprint density at radius 2 is 1.70 bits per heavy atom. The molecule has 0 saturated carbocycles. The number of hydrogen-bond donors (Lipinski definition) is 0. The van der Waals surface area contributed by atoms with Gasteiger partial charge in [-0.05, 0) is 36.1 Å². The van der Waals surface area contributed by atoms with E-state index in [1.54, 1.807) is 0 Å². The van der Waals surface area contributed by atoms with Crippen LogP contribution in [0.1, 0.15) is 28.5 Å². The Morgan fingerprint density at radius 1 is 0.926 bits per heavy atom. The van der Waals surface area contributed by atoms with E-state index in [0.717, 1.165) is 0 Å². The van der Waals surface area contributed by atoms with Crippen LogP contribution in [0.2, 0.25) is 0 Å². The summed E-state index contributed by atoms with van der Waals surface area (Å²) in [5.74, 6) is 0. The first-order valence-corrected chi connectivity index (χ1v) is 10.0. The molecular formula is C26H22S. The van der Waals surface area contributed by atoms with Crippen LogP contribution in [-0.4, -0.2) is 0 Å². The molecule has 4 aromatic rings. The molecule has 0 nitrogen and oxygen atoms in total. The van der Waals surface area contributed by atoms with Crippen molar-refractivity contribution in [3.05, 3.63) is 107 Å². The molecule has 3 aromatic carbocycles. The van der Waals surface area contributed by atoms with Crippen molar-refractivity contribution >= 4 is 33.1 Å². The summed E-state index contributed by atoms with van der Waals surface area (Å²) in [5, 5.41) is 1.28. The van der Waals surface area contributed by atoms with Gasteiger partial charge in [-0.1, -0.05) is 97.1 Å². The van der Waals surface area contributed by atoms with Gasteiger partial charge in [0, 0.05) is 20.5 Å². The predicted molar refractivity (Wildman–Crippen MR) is 121 cm³/mol. The molecule has 1 heteroatoms. The van der Waals surface area contributed by atoms with E-state index in [2.05, 4.69) is 99.3 Å². The Kier molecular flexibility index (Phi) is 4.79. The van der Waals surface area contributed by atoms with E-state index in [9.17, 15) is 0 Å². The van der Waals surface area contributed by atoms with Crippen molar-refractivity contribution in [2.45, 2.75) is 13.8 Å². The quantitative estimate of drug-likeness (QED) is 0.343. The Hall–Kier alpha value is -2.90. The molecule has 0 aliphatic heterocycles. The average Bonchev–Trinajstić information content (AvgIpc) is 3.07. The maximum atomic E-state index is 4.12. The molecule has 1 heterocycles. The minimum absolute atomic E-state index is 1.22. The van der Waals surface area contributed by atoms with E-state index in [0.29, 0.717) is 0 Å². The standard InChI is InChI=1S/C26H22S/c1-4-21(19-12-7-6-8-13-19)25-22(5-2)24-16-10-15-23(26(24)27-25)20-14-9-11-18(3)17-20/h4-17H,2H2,1,3H3/b21-4-. The van der Waals surface area contributed by atoms with E-state index in [4.69, 9.17) is 0 Å². The maximum Gasteiger partial charge on any atom is 0.0434 e. The zero-order chi connectivity index (χ0) is 18.8. The molecule has 0 bridgehead atoms. The maximum absolute atomic E-state index is 4.12. The SMILES string of the molecule is C=Cc1c(/C(=C\C)c2ccccc2)sc2c(-c3cccc(C)c3)cccc12. The van der Waals surface area contributed by atoms with Crippen LogP contribution >= 0.6 is 11.3 Å². The van der Waals surface area contributed by atoms with Gasteiger partial charge in [-0.2, -0.15) is 0 Å². The molecule has 0 spiro atoms. The van der Waals surface area contributed by atoms with Gasteiger partial charge in [0.05, 0.1) is 0 Å². The fraction of sp³-hybridized carbons (Fsp3) is 0.0769. The minimum Gasteiger partial charge on any atom is -0.134 e. The number of thiophene rings is 1. The van der Waals surface area contributed by atoms with Gasteiger partial charge < -0.3 is 0 Å². The first kappa shape index (κ1) is 17.5. The molecule has 0 aliphatic carbocycles. The molecule has 0 amide bonds. The third-order valence-electron chi connectivity index (χ3n) is 4.91. The van der Waals surface area contributed by atoms with Gasteiger partial charge in [0.25, 0.3) is 0 Å². The smallest absolute Gasteiger partial charge is 0.0434 e. The first-order valence-electron chi connectivity index (χ1n) is 9.20. The van der Waals surface area contributed by atoms with Gasteiger partial charge in [-0.15, -0.1) is 11.3 Å². The molecule has 0 unspecified atom stereocenters. The molecule has 0 N–H and O–H groups in total. The Labute approximate surface area is 165 Å². The van der Waals surface area contributed by atoms with Gasteiger partial charge in [0.2, 0.25) is 0 Å². The average molecular weight is 367 g/mol. The van der Waals surface area contributed by atoms with Crippen LogP contribution in [0, 0.1) is 6.92 Å². The molecule has 0 saturated heterocycles. The topological polar surface area (TPSA) is 0 Å². The fourth-order valence-corrected chi connectivity index (χ4v) is 5.06. The van der Waals surface area contributed by atoms with Gasteiger partial charge in [-0.3, -0.25) is 0 Å². The molecule has 4 rings (SSSR count). The molecule has 1 aromatic heterocycles. The lowest BCUT2D eigenvalue weighted by Crippen LogP contribution is -1.86. The summed E-state index contributed by atoms with van der Waals surface area (Å²) in [6.07, 6.45) is 4.21. The number of fused-ring (bicyclic) bond motifs is 1. The van der Waals surface area contributed by atoms with E-state index >= 15 is 0 Å². The lowest BCUT2D eigenvalue weighted by Gasteiger charge is -2.06. The first-order chi connectivity index (χ1) is 13.2. The molecule has 0 atom stereocenters. The highest BCUT2D eigenvalue weighted by molar-refractivity contribution is 7.21. The highest BCUT2D eigenvalue weighted by Gasteiger charge is 2.17. The minimum atomic E-state index is 1.22. The predicted octanol–water partition coefficient (Wildman–Crippen LogP) is 7.97. The van der Waals surface area contributed by atoms with Crippen LogP contribution in [0.5, 0.6) is 0 Å². The van der Waals surface area contributed by atoms with E-state index in [1.165, 1.54) is 48.4 Å². The van der Waals surface area contributed by atoms with Crippen molar-refractivity contribution in [3.63, 3.8) is 0 Å². The van der Waals surface area contributed by atoms with Gasteiger partial charge in [0.1, 0.15) is 0 Å². The molecule has 0 radical (unpaired) electrons. The summed E-state index contributed by atoms with van der Waals surface area (Å²) in [5.41, 5.74) is 7.57. The number of rotatable bonds is 4. The zero-order valence-corrected chi connectivity index (χ0v) is 16.5. The molecular weight excluding hydrogens is 344 g/mol. The lowest BCUT2D eigenvalue weighted by atomic mass is 9.97. The summed E-state index contributed by atoms with van der Waals surface area (Å²) in [6.45, 7) is 8.38. The molecule has 0 fully saturated rings. The van der Waals surface area contributed by atoms with Crippen LogP contribution in [0.4, 0.5) is 0 Å². The lowest BCUT2D eigenvalue weighted by molar-refractivity contribution is 1.47. The van der Waals surface area contributed by atoms with Crippen molar-refractivity contribution < 1.29 is 0 Å². The zero-order valence-electron chi connectivity index (χ0n) is 15.7. The van der Waals surface area contributed by atoms with Crippen LogP contribution in [0.3, 0.4) is 0 Å². The third-order valence-corrected chi connectivity index (χ3v) is 6.19. The van der Waals surface area contributed by atoms with E-state index in [-0.39, 0.29) is 0 Å². The number of benzene rings is 3. The highest BCUT2D eigenvalue weighted by atomic mass is 32.1. The van der Waals surface area contributed by atoms with Gasteiger partial charge >= 0.3 is 0 Å². The van der Waals surface area contributed by atoms with Crippen LogP contribution in [0.15, 0.2) is 85.5 Å².